The maximum Gasteiger partial charge on any atom is 0.222 e. The lowest BCUT2D eigenvalue weighted by Gasteiger charge is -2.16. The number of primary amides is 1. The number of methoxy groups -OCH3 is 1. The normalized spacial score (nSPS) is 18.7. The van der Waals surface area contributed by atoms with Crippen LogP contribution in [0.1, 0.15) is 18.9 Å². The Morgan fingerprint density at radius 3 is 2.53 bits per heavy atom. The summed E-state index contributed by atoms with van der Waals surface area (Å²) in [5.41, 5.74) is 9.74. The molecule has 0 unspecified atom stereocenters. The van der Waals surface area contributed by atoms with E-state index in [-0.39, 0.29) is 23.7 Å². The van der Waals surface area contributed by atoms with Crippen LogP contribution in [-0.4, -0.2) is 41.9 Å². The molecule has 156 valence electrons. The van der Waals surface area contributed by atoms with Gasteiger partial charge in [0.1, 0.15) is 5.75 Å². The van der Waals surface area contributed by atoms with Crippen LogP contribution >= 0.6 is 0 Å². The molecule has 2 aromatic carbocycles. The molecule has 3 aromatic rings. The van der Waals surface area contributed by atoms with Crippen molar-refractivity contribution in [3.05, 3.63) is 54.1 Å². The van der Waals surface area contributed by atoms with Gasteiger partial charge in [-0.1, -0.05) is 25.1 Å². The van der Waals surface area contributed by atoms with Crippen LogP contribution in [0, 0.1) is 11.8 Å². The van der Waals surface area contributed by atoms with Crippen LogP contribution in [0.4, 0.5) is 0 Å². The Labute approximate surface area is 176 Å². The minimum absolute atomic E-state index is 0.0663. The van der Waals surface area contributed by atoms with Crippen molar-refractivity contribution in [2.45, 2.75) is 19.8 Å². The first-order valence-corrected chi connectivity index (χ1v) is 10.3. The third-order valence-electron chi connectivity index (χ3n) is 6.11. The van der Waals surface area contributed by atoms with Gasteiger partial charge in [-0.25, -0.2) is 0 Å². The number of aromatic nitrogens is 1. The van der Waals surface area contributed by atoms with E-state index in [4.69, 9.17) is 10.5 Å². The number of fused-ring (bicyclic) bond motifs is 1. The number of nitrogens with zero attached hydrogens (tertiary/aromatic N) is 1. The molecular weight excluding hydrogens is 378 g/mol. The van der Waals surface area contributed by atoms with Gasteiger partial charge in [0.25, 0.3) is 0 Å². The first-order valence-electron chi connectivity index (χ1n) is 10.3. The molecule has 1 aromatic heterocycles. The van der Waals surface area contributed by atoms with Gasteiger partial charge in [0.15, 0.2) is 0 Å². The largest absolute Gasteiger partial charge is 0.497 e. The number of rotatable bonds is 6. The van der Waals surface area contributed by atoms with Crippen LogP contribution in [0.2, 0.25) is 0 Å². The molecule has 1 aliphatic rings. The van der Waals surface area contributed by atoms with Gasteiger partial charge in [0.2, 0.25) is 11.8 Å². The Hall–Kier alpha value is -3.28. The average molecular weight is 405 g/mol. The van der Waals surface area contributed by atoms with Gasteiger partial charge >= 0.3 is 0 Å². The number of likely N-dealkylation sites (tertiary alicyclic amines) is 1. The van der Waals surface area contributed by atoms with Crippen molar-refractivity contribution >= 4 is 22.7 Å². The van der Waals surface area contributed by atoms with Crippen molar-refractivity contribution in [1.29, 1.82) is 0 Å². The Balaban J connectivity index is 1.57. The predicted molar refractivity (Wildman–Crippen MR) is 117 cm³/mol. The number of ether oxygens (including phenoxy) is 1. The zero-order chi connectivity index (χ0) is 21.3. The van der Waals surface area contributed by atoms with Crippen LogP contribution in [0.5, 0.6) is 5.75 Å². The molecule has 0 radical (unpaired) electrons. The SMILES string of the molecule is COc1ccc(-c2[nH]c3ccccc3c2CCC(=O)N2C[C@@H](C)[C@H](C(N)=O)C2)cc1. The molecule has 6 heteroatoms. The number of hydrogen-bond donors (Lipinski definition) is 2. The second-order valence-corrected chi connectivity index (χ2v) is 8.04. The van der Waals surface area contributed by atoms with Gasteiger partial charge in [-0.3, -0.25) is 9.59 Å². The number of aromatic amines is 1. The first kappa shape index (κ1) is 20.0. The van der Waals surface area contributed by atoms with Gasteiger partial charge in [-0.05, 0) is 53.8 Å². The first-order chi connectivity index (χ1) is 14.5. The molecule has 1 saturated heterocycles. The lowest BCUT2D eigenvalue weighted by atomic mass is 9.98. The van der Waals surface area contributed by atoms with Crippen molar-refractivity contribution < 1.29 is 14.3 Å². The number of amides is 2. The highest BCUT2D eigenvalue weighted by atomic mass is 16.5. The summed E-state index contributed by atoms with van der Waals surface area (Å²) in [5.74, 6) is 0.401. The van der Waals surface area contributed by atoms with Crippen LogP contribution in [0.25, 0.3) is 22.2 Å². The molecule has 30 heavy (non-hydrogen) atoms. The fraction of sp³-hybridized carbons (Fsp3) is 0.333. The number of carbonyl (C=O) groups excluding carboxylic acids is 2. The van der Waals surface area contributed by atoms with Gasteiger partial charge in [0.05, 0.1) is 13.0 Å². The van der Waals surface area contributed by atoms with E-state index in [9.17, 15) is 9.59 Å². The van der Waals surface area contributed by atoms with Crippen LogP contribution < -0.4 is 10.5 Å². The topological polar surface area (TPSA) is 88.4 Å². The molecule has 1 aliphatic heterocycles. The molecule has 1 fully saturated rings. The Bertz CT molecular complexity index is 1070. The maximum atomic E-state index is 12.9. The molecule has 3 N–H and O–H groups in total. The fourth-order valence-electron chi connectivity index (χ4n) is 4.39. The van der Waals surface area contributed by atoms with E-state index in [1.165, 1.54) is 0 Å². The molecule has 2 amide bonds. The summed E-state index contributed by atoms with van der Waals surface area (Å²) in [6, 6.07) is 16.1. The van der Waals surface area contributed by atoms with Crippen LogP contribution in [0.3, 0.4) is 0 Å². The lowest BCUT2D eigenvalue weighted by Crippen LogP contribution is -2.32. The molecule has 0 bridgehead atoms. The smallest absolute Gasteiger partial charge is 0.222 e. The Morgan fingerprint density at radius 1 is 1.13 bits per heavy atom. The van der Waals surface area contributed by atoms with Gasteiger partial charge < -0.3 is 20.4 Å². The molecule has 0 spiro atoms. The molecule has 6 nitrogen and oxygen atoms in total. The minimum Gasteiger partial charge on any atom is -0.497 e. The standard InChI is InChI=1S/C24H27N3O3/c1-15-13-27(14-20(15)24(25)29)22(28)12-11-19-18-5-3-4-6-21(18)26-23(19)16-7-9-17(30-2)10-8-16/h3-10,15,20,26H,11-14H2,1-2H3,(H2,25,29)/t15-,20-/m1/s1. The zero-order valence-electron chi connectivity index (χ0n) is 17.4. The van der Waals surface area contributed by atoms with E-state index in [1.807, 2.05) is 49.4 Å². The Morgan fingerprint density at radius 2 is 1.87 bits per heavy atom. The summed E-state index contributed by atoms with van der Waals surface area (Å²) >= 11 is 0. The summed E-state index contributed by atoms with van der Waals surface area (Å²) in [5, 5.41) is 1.13. The van der Waals surface area contributed by atoms with Crippen LogP contribution in [0.15, 0.2) is 48.5 Å². The maximum absolute atomic E-state index is 12.9. The Kier molecular flexibility index (Phi) is 5.48. The van der Waals surface area contributed by atoms with E-state index in [0.717, 1.165) is 33.5 Å². The summed E-state index contributed by atoms with van der Waals surface area (Å²) in [6.07, 6.45) is 1.01. The molecular formula is C24H27N3O3. The van der Waals surface area contributed by atoms with Crippen molar-refractivity contribution in [3.63, 3.8) is 0 Å². The second kappa shape index (κ2) is 8.22. The summed E-state index contributed by atoms with van der Waals surface area (Å²) in [4.78, 5) is 29.8. The van der Waals surface area contributed by atoms with E-state index in [1.54, 1.807) is 12.0 Å². The number of aryl methyl sites for hydroxylation is 1. The van der Waals surface area contributed by atoms with E-state index < -0.39 is 0 Å². The third-order valence-corrected chi connectivity index (χ3v) is 6.11. The summed E-state index contributed by atoms with van der Waals surface area (Å²) < 4.78 is 5.27. The molecule has 2 heterocycles. The predicted octanol–water partition coefficient (Wildman–Crippen LogP) is 3.36. The number of carbonyl (C=O) groups is 2. The van der Waals surface area contributed by atoms with Crippen molar-refractivity contribution in [1.82, 2.24) is 9.88 Å². The number of nitrogens with two attached hydrogens (primary N) is 1. The number of hydrogen-bond acceptors (Lipinski definition) is 3. The molecule has 0 aliphatic carbocycles. The summed E-state index contributed by atoms with van der Waals surface area (Å²) in [7, 11) is 1.65. The van der Waals surface area contributed by atoms with E-state index >= 15 is 0 Å². The van der Waals surface area contributed by atoms with Crippen LogP contribution in [-0.2, 0) is 16.0 Å². The highest BCUT2D eigenvalue weighted by Crippen LogP contribution is 2.33. The van der Waals surface area contributed by atoms with Gasteiger partial charge in [-0.2, -0.15) is 0 Å². The van der Waals surface area contributed by atoms with Gasteiger partial charge in [-0.15, -0.1) is 0 Å². The average Bonchev–Trinajstić information content (AvgIpc) is 3.33. The van der Waals surface area contributed by atoms with E-state index in [0.29, 0.717) is 25.9 Å². The minimum atomic E-state index is -0.323. The fourth-order valence-corrected chi connectivity index (χ4v) is 4.39. The number of nitrogens with one attached hydrogen (secondary N) is 1. The highest BCUT2D eigenvalue weighted by Gasteiger charge is 2.35. The van der Waals surface area contributed by atoms with Gasteiger partial charge in [0, 0.05) is 36.1 Å². The zero-order valence-corrected chi connectivity index (χ0v) is 17.4. The van der Waals surface area contributed by atoms with Crippen molar-refractivity contribution in [2.75, 3.05) is 20.2 Å². The monoisotopic (exact) mass is 405 g/mol. The third kappa shape index (κ3) is 3.77. The van der Waals surface area contributed by atoms with Crippen molar-refractivity contribution in [2.24, 2.45) is 17.6 Å². The van der Waals surface area contributed by atoms with E-state index in [2.05, 4.69) is 11.1 Å². The lowest BCUT2D eigenvalue weighted by molar-refractivity contribution is -0.130. The second-order valence-electron chi connectivity index (χ2n) is 8.04. The number of para-hydroxylation sites is 1. The molecule has 0 saturated carbocycles. The number of H-pyrrole nitrogens is 1. The quantitative estimate of drug-likeness (QED) is 0.659. The molecule has 4 rings (SSSR count). The summed E-state index contributed by atoms with van der Waals surface area (Å²) in [6.45, 7) is 2.99. The van der Waals surface area contributed by atoms with Crippen molar-refractivity contribution in [3.8, 4) is 17.0 Å². The molecule has 2 atom stereocenters. The number of benzene rings is 2. The highest BCUT2D eigenvalue weighted by molar-refractivity contribution is 5.91.